The smallest absolute Gasteiger partial charge is 0.548 e. The Morgan fingerprint density at radius 1 is 1.31 bits per heavy atom. The van der Waals surface area contributed by atoms with Crippen LogP contribution in [0, 0.1) is 0 Å². The Labute approximate surface area is 115 Å². The van der Waals surface area contributed by atoms with Crippen LogP contribution in [0.5, 0.6) is 0 Å². The first-order valence-corrected chi connectivity index (χ1v) is 4.20. The van der Waals surface area contributed by atoms with Crippen molar-refractivity contribution in [2.75, 3.05) is 0 Å². The number of carboxylic acids is 2. The van der Waals surface area contributed by atoms with E-state index in [-0.39, 0.29) is 35.1 Å². The van der Waals surface area contributed by atoms with Crippen LogP contribution in [0.15, 0.2) is 24.3 Å². The van der Waals surface area contributed by atoms with Gasteiger partial charge in [-0.2, -0.15) is 0 Å². The summed E-state index contributed by atoms with van der Waals surface area (Å²) in [6.07, 6.45) is 0. The molecule has 0 aliphatic rings. The summed E-state index contributed by atoms with van der Waals surface area (Å²) in [6.45, 7) is 1.29. The number of carbonyl (C=O) groups excluding carboxylic acids is 1. The zero-order valence-corrected chi connectivity index (χ0v) is 11.1. The predicted molar refractivity (Wildman–Crippen MR) is 49.9 cm³/mol. The van der Waals surface area contributed by atoms with Crippen molar-refractivity contribution in [1.29, 1.82) is 0 Å². The molecule has 0 aliphatic carbocycles. The molecule has 0 aliphatic heterocycles. The molecule has 1 unspecified atom stereocenters. The Bertz CT molecular complexity index is 400. The molecule has 3 N–H and O–H groups in total. The Morgan fingerprint density at radius 3 is 2.06 bits per heavy atom. The number of hydrogen-bond donors (Lipinski definition) is 2. The number of aliphatic carboxylic acids is 1. The molecule has 0 bridgehead atoms. The monoisotopic (exact) mass is 231 g/mol. The van der Waals surface area contributed by atoms with Crippen molar-refractivity contribution in [3.8, 4) is 0 Å². The number of carbonyl (C=O) groups is 2. The molecule has 1 rings (SSSR count). The second-order valence-electron chi connectivity index (χ2n) is 3.37. The third kappa shape index (κ3) is 3.05. The summed E-state index contributed by atoms with van der Waals surface area (Å²) >= 11 is 0. The summed E-state index contributed by atoms with van der Waals surface area (Å²) in [7, 11) is 0. The Balaban J connectivity index is 0.00000225. The van der Waals surface area contributed by atoms with Crippen LogP contribution in [0.3, 0.4) is 0 Å². The summed E-state index contributed by atoms with van der Waals surface area (Å²) in [5.74, 6) is -2.49. The summed E-state index contributed by atoms with van der Waals surface area (Å²) < 4.78 is 0. The van der Waals surface area contributed by atoms with Gasteiger partial charge in [-0.15, -0.1) is 0 Å². The van der Waals surface area contributed by atoms with Gasteiger partial charge in [-0.05, 0) is 24.6 Å². The molecule has 0 saturated carbocycles. The van der Waals surface area contributed by atoms with Gasteiger partial charge in [0, 0.05) is 0 Å². The van der Waals surface area contributed by atoms with Gasteiger partial charge in [0.2, 0.25) is 0 Å². The number of rotatable bonds is 3. The fraction of sp³-hybridized carbons (Fsp3) is 0.200. The second-order valence-corrected chi connectivity index (χ2v) is 3.37. The molecule has 0 fully saturated rings. The molecule has 0 amide bonds. The normalized spacial score (nSPS) is 13.4. The maximum atomic E-state index is 10.7. The van der Waals surface area contributed by atoms with Crippen LogP contribution in [-0.4, -0.2) is 17.0 Å². The molecule has 0 aromatic heterocycles. The quantitative estimate of drug-likeness (QED) is 0.521. The number of nitrogens with two attached hydrogens (primary N) is 1. The maximum absolute atomic E-state index is 10.7. The SMILES string of the molecule is CC(N)(C(=O)[O-])c1ccc(C(=O)O)cc1.[Na+]. The van der Waals surface area contributed by atoms with E-state index in [1.54, 1.807) is 0 Å². The number of aromatic carboxylic acids is 1. The van der Waals surface area contributed by atoms with E-state index in [0.717, 1.165) is 0 Å². The van der Waals surface area contributed by atoms with Crippen LogP contribution in [0.2, 0.25) is 0 Å². The Morgan fingerprint density at radius 2 is 1.75 bits per heavy atom. The molecule has 1 atom stereocenters. The number of carboxylic acid groups (broad SMARTS) is 2. The molecule has 0 radical (unpaired) electrons. The number of hydrogen-bond acceptors (Lipinski definition) is 4. The van der Waals surface area contributed by atoms with Gasteiger partial charge in [-0.25, -0.2) is 4.79 Å². The third-order valence-corrected chi connectivity index (χ3v) is 2.16. The molecule has 0 spiro atoms. The van der Waals surface area contributed by atoms with Crippen LogP contribution in [0.25, 0.3) is 0 Å². The molecule has 0 heterocycles. The van der Waals surface area contributed by atoms with Crippen LogP contribution < -0.4 is 40.4 Å². The molecule has 1 aromatic carbocycles. The largest absolute Gasteiger partial charge is 1.00 e. The van der Waals surface area contributed by atoms with Crippen LogP contribution in [0.4, 0.5) is 0 Å². The minimum atomic E-state index is -1.61. The first kappa shape index (κ1) is 15.1. The van der Waals surface area contributed by atoms with E-state index in [1.807, 2.05) is 0 Å². The average molecular weight is 231 g/mol. The minimum Gasteiger partial charge on any atom is -0.548 e. The average Bonchev–Trinajstić information content (AvgIpc) is 2.17. The van der Waals surface area contributed by atoms with Crippen molar-refractivity contribution < 1.29 is 49.4 Å². The van der Waals surface area contributed by atoms with Crippen molar-refractivity contribution in [3.05, 3.63) is 35.4 Å². The van der Waals surface area contributed by atoms with Crippen LogP contribution in [0.1, 0.15) is 22.8 Å². The molecular weight excluding hydrogens is 221 g/mol. The van der Waals surface area contributed by atoms with Crippen molar-refractivity contribution in [3.63, 3.8) is 0 Å². The standard InChI is InChI=1S/C10H11NO4.Na/c1-10(11,9(14)15)7-4-2-6(3-5-7)8(12)13;/h2-5H,11H2,1H3,(H,12,13)(H,14,15);/q;+1/p-1. The van der Waals surface area contributed by atoms with Gasteiger partial charge in [-0.1, -0.05) is 12.1 Å². The van der Waals surface area contributed by atoms with Gasteiger partial charge in [0.15, 0.2) is 0 Å². The molecule has 5 nitrogen and oxygen atoms in total. The van der Waals surface area contributed by atoms with Gasteiger partial charge in [0.25, 0.3) is 0 Å². The fourth-order valence-electron chi connectivity index (χ4n) is 1.08. The van der Waals surface area contributed by atoms with E-state index in [2.05, 4.69) is 0 Å². The zero-order valence-electron chi connectivity index (χ0n) is 9.06. The predicted octanol–water partition coefficient (Wildman–Crippen LogP) is -3.69. The third-order valence-electron chi connectivity index (χ3n) is 2.16. The van der Waals surface area contributed by atoms with Gasteiger partial charge in [0.1, 0.15) is 0 Å². The van der Waals surface area contributed by atoms with Crippen LogP contribution >= 0.6 is 0 Å². The molecule has 1 aromatic rings. The molecule has 6 heteroatoms. The first-order valence-electron chi connectivity index (χ1n) is 4.20. The van der Waals surface area contributed by atoms with Crippen molar-refractivity contribution in [2.24, 2.45) is 5.73 Å². The van der Waals surface area contributed by atoms with E-state index < -0.39 is 17.5 Å². The molecule has 16 heavy (non-hydrogen) atoms. The fourth-order valence-corrected chi connectivity index (χ4v) is 1.08. The number of benzene rings is 1. The van der Waals surface area contributed by atoms with Gasteiger partial charge >= 0.3 is 35.5 Å². The molecule has 80 valence electrons. The van der Waals surface area contributed by atoms with Gasteiger partial charge in [0.05, 0.1) is 17.1 Å². The minimum absolute atomic E-state index is 0. The maximum Gasteiger partial charge on any atom is 1.00 e. The first-order chi connectivity index (χ1) is 6.85. The molecular formula is C10H10NNaO4. The summed E-state index contributed by atoms with van der Waals surface area (Å²) in [6, 6.07) is 5.32. The van der Waals surface area contributed by atoms with Crippen LogP contribution in [-0.2, 0) is 10.3 Å². The summed E-state index contributed by atoms with van der Waals surface area (Å²) in [5, 5.41) is 19.3. The van der Waals surface area contributed by atoms with Gasteiger partial charge in [-0.3, -0.25) is 0 Å². The molecule has 0 saturated heterocycles. The van der Waals surface area contributed by atoms with Crippen molar-refractivity contribution >= 4 is 11.9 Å². The second kappa shape index (κ2) is 5.45. The zero-order chi connectivity index (χ0) is 11.6. The van der Waals surface area contributed by atoms with Crippen molar-refractivity contribution in [2.45, 2.75) is 12.5 Å². The van der Waals surface area contributed by atoms with E-state index in [9.17, 15) is 14.7 Å². The van der Waals surface area contributed by atoms with Gasteiger partial charge < -0.3 is 20.7 Å². The topological polar surface area (TPSA) is 103 Å². The summed E-state index contributed by atoms with van der Waals surface area (Å²) in [5.41, 5.74) is 4.26. The van der Waals surface area contributed by atoms with E-state index >= 15 is 0 Å². The van der Waals surface area contributed by atoms with E-state index in [0.29, 0.717) is 5.56 Å². The summed E-state index contributed by atoms with van der Waals surface area (Å²) in [4.78, 5) is 21.2. The van der Waals surface area contributed by atoms with Crippen molar-refractivity contribution in [1.82, 2.24) is 0 Å². The van der Waals surface area contributed by atoms with E-state index in [4.69, 9.17) is 10.8 Å². The van der Waals surface area contributed by atoms with E-state index in [1.165, 1.54) is 31.2 Å². The Kier molecular flexibility index (Phi) is 5.15. The Hall–Kier alpha value is -0.880.